The van der Waals surface area contributed by atoms with Gasteiger partial charge in [-0.15, -0.1) is 0 Å². The first-order valence-corrected chi connectivity index (χ1v) is 10.4. The Kier molecular flexibility index (Phi) is 6.21. The molecule has 160 valence electrons. The molecule has 1 amide bonds. The highest BCUT2D eigenvalue weighted by Crippen LogP contribution is 2.37. The molecule has 1 saturated heterocycles. The number of rotatable bonds is 5. The second-order valence-electron chi connectivity index (χ2n) is 7.73. The van der Waals surface area contributed by atoms with E-state index < -0.39 is 0 Å². The van der Waals surface area contributed by atoms with Crippen LogP contribution in [0.15, 0.2) is 54.7 Å². The van der Waals surface area contributed by atoms with E-state index in [-0.39, 0.29) is 29.5 Å². The van der Waals surface area contributed by atoms with E-state index >= 15 is 0 Å². The lowest BCUT2D eigenvalue weighted by Crippen LogP contribution is -2.39. The fourth-order valence-corrected chi connectivity index (χ4v) is 4.11. The van der Waals surface area contributed by atoms with Gasteiger partial charge in [-0.3, -0.25) is 4.79 Å². The summed E-state index contributed by atoms with van der Waals surface area (Å²) in [6.07, 6.45) is 4.92. The van der Waals surface area contributed by atoms with Gasteiger partial charge in [-0.25, -0.2) is 18.7 Å². The standard InChI is InChI=1S/C24H24F2N4O/c25-17-11-8-16(9-12-17)10-13-22(31)30-14-4-3-7-21(30)23-19(15-28-24(27)29-23)18-5-1-2-6-20(18)26/h1-2,5-6,8-9,11-12,15,21H,3-4,7,10,13-14H2,(H2,27,28,29). The Morgan fingerprint density at radius 2 is 1.84 bits per heavy atom. The van der Waals surface area contributed by atoms with Gasteiger partial charge in [-0.05, 0) is 49.4 Å². The van der Waals surface area contributed by atoms with Crippen LogP contribution in [0.3, 0.4) is 0 Å². The van der Waals surface area contributed by atoms with Gasteiger partial charge < -0.3 is 10.6 Å². The smallest absolute Gasteiger partial charge is 0.223 e. The van der Waals surface area contributed by atoms with E-state index in [9.17, 15) is 13.6 Å². The minimum absolute atomic E-state index is 0.00862. The van der Waals surface area contributed by atoms with Crippen LogP contribution in [0, 0.1) is 11.6 Å². The average molecular weight is 422 g/mol. The summed E-state index contributed by atoms with van der Waals surface area (Å²) in [5.41, 5.74) is 8.29. The first-order valence-electron chi connectivity index (χ1n) is 10.4. The molecule has 1 aliphatic rings. The van der Waals surface area contributed by atoms with Crippen molar-refractivity contribution >= 4 is 11.9 Å². The lowest BCUT2D eigenvalue weighted by atomic mass is 9.93. The fourth-order valence-electron chi connectivity index (χ4n) is 4.11. The number of hydrogen-bond acceptors (Lipinski definition) is 4. The third-order valence-corrected chi connectivity index (χ3v) is 5.68. The number of nitrogens with two attached hydrogens (primary N) is 1. The summed E-state index contributed by atoms with van der Waals surface area (Å²) in [4.78, 5) is 23.5. The predicted molar refractivity (Wildman–Crippen MR) is 115 cm³/mol. The second-order valence-corrected chi connectivity index (χ2v) is 7.73. The van der Waals surface area contributed by atoms with Crippen molar-refractivity contribution in [3.8, 4) is 11.1 Å². The van der Waals surface area contributed by atoms with Gasteiger partial charge in [0.05, 0.1) is 11.7 Å². The third kappa shape index (κ3) is 4.71. The van der Waals surface area contributed by atoms with Crippen LogP contribution >= 0.6 is 0 Å². The van der Waals surface area contributed by atoms with Crippen molar-refractivity contribution in [1.29, 1.82) is 0 Å². The Labute approximate surface area is 179 Å². The van der Waals surface area contributed by atoms with Crippen molar-refractivity contribution in [2.24, 2.45) is 0 Å². The van der Waals surface area contributed by atoms with Crippen LogP contribution in [-0.4, -0.2) is 27.3 Å². The number of likely N-dealkylation sites (tertiary alicyclic amines) is 1. The summed E-state index contributed by atoms with van der Waals surface area (Å²) < 4.78 is 27.7. The minimum Gasteiger partial charge on any atom is -0.368 e. The van der Waals surface area contributed by atoms with Gasteiger partial charge in [0.25, 0.3) is 0 Å². The summed E-state index contributed by atoms with van der Waals surface area (Å²) in [7, 11) is 0. The van der Waals surface area contributed by atoms with Crippen LogP contribution in [0.2, 0.25) is 0 Å². The SMILES string of the molecule is Nc1ncc(-c2ccccc2F)c(C2CCCCN2C(=O)CCc2ccc(F)cc2)n1. The van der Waals surface area contributed by atoms with Crippen LogP contribution in [-0.2, 0) is 11.2 Å². The van der Waals surface area contributed by atoms with E-state index in [1.807, 2.05) is 4.90 Å². The molecular weight excluding hydrogens is 398 g/mol. The molecule has 2 N–H and O–H groups in total. The topological polar surface area (TPSA) is 72.1 Å². The van der Waals surface area contributed by atoms with E-state index in [1.165, 1.54) is 24.4 Å². The number of nitrogen functional groups attached to an aromatic ring is 1. The van der Waals surface area contributed by atoms with Gasteiger partial charge in [0, 0.05) is 30.3 Å². The van der Waals surface area contributed by atoms with Gasteiger partial charge in [0.1, 0.15) is 11.6 Å². The van der Waals surface area contributed by atoms with Gasteiger partial charge >= 0.3 is 0 Å². The lowest BCUT2D eigenvalue weighted by molar-refractivity contribution is -0.135. The molecule has 1 aliphatic heterocycles. The molecule has 4 rings (SSSR count). The molecule has 1 atom stereocenters. The minimum atomic E-state index is -0.373. The molecular formula is C24H24F2N4O. The molecule has 1 aromatic heterocycles. The normalized spacial score (nSPS) is 16.3. The number of carbonyl (C=O) groups excluding carboxylic acids is 1. The highest BCUT2D eigenvalue weighted by molar-refractivity contribution is 5.78. The van der Waals surface area contributed by atoms with E-state index in [0.717, 1.165) is 24.8 Å². The van der Waals surface area contributed by atoms with E-state index in [0.29, 0.717) is 36.2 Å². The van der Waals surface area contributed by atoms with Crippen LogP contribution < -0.4 is 5.73 Å². The van der Waals surface area contributed by atoms with E-state index in [1.54, 1.807) is 30.3 Å². The molecule has 5 nitrogen and oxygen atoms in total. The molecule has 0 spiro atoms. The molecule has 0 aliphatic carbocycles. The number of aryl methyl sites for hydroxylation is 1. The molecule has 3 aromatic rings. The first kappa shape index (κ1) is 20.9. The second kappa shape index (κ2) is 9.20. The zero-order valence-corrected chi connectivity index (χ0v) is 17.1. The highest BCUT2D eigenvalue weighted by atomic mass is 19.1. The predicted octanol–water partition coefficient (Wildman–Crippen LogP) is 4.69. The molecule has 2 aromatic carbocycles. The van der Waals surface area contributed by atoms with Crippen LogP contribution in [0.5, 0.6) is 0 Å². The van der Waals surface area contributed by atoms with Crippen molar-refractivity contribution in [3.63, 3.8) is 0 Å². The summed E-state index contributed by atoms with van der Waals surface area (Å²) in [6, 6.07) is 12.3. The molecule has 7 heteroatoms. The fraction of sp³-hybridized carbons (Fsp3) is 0.292. The zero-order valence-electron chi connectivity index (χ0n) is 17.1. The van der Waals surface area contributed by atoms with Crippen LogP contribution in [0.25, 0.3) is 11.1 Å². The molecule has 2 heterocycles. The first-order chi connectivity index (χ1) is 15.0. The molecule has 31 heavy (non-hydrogen) atoms. The molecule has 0 bridgehead atoms. The van der Waals surface area contributed by atoms with Gasteiger partial charge in [-0.2, -0.15) is 0 Å². The average Bonchev–Trinajstić information content (AvgIpc) is 2.79. The van der Waals surface area contributed by atoms with Crippen molar-refractivity contribution in [2.75, 3.05) is 12.3 Å². The molecule has 1 unspecified atom stereocenters. The van der Waals surface area contributed by atoms with Crippen molar-refractivity contribution in [2.45, 2.75) is 38.1 Å². The Bertz CT molecular complexity index is 1070. The Morgan fingerprint density at radius 1 is 1.06 bits per heavy atom. The largest absolute Gasteiger partial charge is 0.368 e. The van der Waals surface area contributed by atoms with Gasteiger partial charge in [-0.1, -0.05) is 30.3 Å². The van der Waals surface area contributed by atoms with E-state index in [2.05, 4.69) is 9.97 Å². The van der Waals surface area contributed by atoms with Crippen LogP contribution in [0.4, 0.5) is 14.7 Å². The maximum absolute atomic E-state index is 14.5. The highest BCUT2D eigenvalue weighted by Gasteiger charge is 2.31. The Hall–Kier alpha value is -3.35. The number of amides is 1. The Morgan fingerprint density at radius 3 is 2.61 bits per heavy atom. The monoisotopic (exact) mass is 422 g/mol. The number of aromatic nitrogens is 2. The summed E-state index contributed by atoms with van der Waals surface area (Å²) in [5, 5.41) is 0. The Balaban J connectivity index is 1.61. The quantitative estimate of drug-likeness (QED) is 0.647. The summed E-state index contributed by atoms with van der Waals surface area (Å²) in [6.45, 7) is 0.605. The number of carbonyl (C=O) groups is 1. The maximum atomic E-state index is 14.5. The molecule has 1 fully saturated rings. The van der Waals surface area contributed by atoms with Crippen molar-refractivity contribution < 1.29 is 13.6 Å². The van der Waals surface area contributed by atoms with E-state index in [4.69, 9.17) is 5.73 Å². The molecule has 0 radical (unpaired) electrons. The maximum Gasteiger partial charge on any atom is 0.223 e. The van der Waals surface area contributed by atoms with Crippen LogP contribution in [0.1, 0.15) is 43.0 Å². The molecule has 0 saturated carbocycles. The number of anilines is 1. The van der Waals surface area contributed by atoms with Gasteiger partial charge in [0.15, 0.2) is 0 Å². The zero-order chi connectivity index (χ0) is 21.8. The van der Waals surface area contributed by atoms with Crippen molar-refractivity contribution in [3.05, 3.63) is 77.6 Å². The number of halogens is 2. The third-order valence-electron chi connectivity index (χ3n) is 5.68. The van der Waals surface area contributed by atoms with Gasteiger partial charge in [0.2, 0.25) is 11.9 Å². The number of piperidine rings is 1. The number of nitrogens with zero attached hydrogens (tertiary/aromatic N) is 3. The summed E-state index contributed by atoms with van der Waals surface area (Å²) >= 11 is 0. The number of benzene rings is 2. The lowest BCUT2D eigenvalue weighted by Gasteiger charge is -2.36. The number of hydrogen-bond donors (Lipinski definition) is 1. The summed E-state index contributed by atoms with van der Waals surface area (Å²) in [5.74, 6) is -0.583. The van der Waals surface area contributed by atoms with Crippen molar-refractivity contribution in [1.82, 2.24) is 14.9 Å².